The van der Waals surface area contributed by atoms with Crippen LogP contribution < -0.4 is 10.6 Å². The van der Waals surface area contributed by atoms with Gasteiger partial charge in [-0.25, -0.2) is 9.97 Å². The maximum absolute atomic E-state index is 12.2. The normalized spacial score (nSPS) is 11.5. The molecule has 0 aliphatic carbocycles. The Hall–Kier alpha value is -2.96. The Balaban J connectivity index is 1.79. The molecule has 1 aromatic carbocycles. The molecule has 0 spiro atoms. The third kappa shape index (κ3) is 5.56. The average molecular weight is 342 g/mol. The van der Waals surface area contributed by atoms with Crippen molar-refractivity contribution in [2.24, 2.45) is 0 Å². The molecule has 0 aliphatic rings. The largest absolute Gasteiger partial charge is 0.452 e. The molecule has 1 aromatic heterocycles. The minimum Gasteiger partial charge on any atom is -0.452 e. The minimum atomic E-state index is -0.875. The number of nitrogens with one attached hydrogen (secondary N) is 2. The van der Waals surface area contributed by atoms with Crippen LogP contribution in [0.3, 0.4) is 0 Å². The summed E-state index contributed by atoms with van der Waals surface area (Å²) in [5.41, 5.74) is 2.66. The van der Waals surface area contributed by atoms with Gasteiger partial charge < -0.3 is 15.4 Å². The van der Waals surface area contributed by atoms with Gasteiger partial charge in [-0.05, 0) is 38.0 Å². The zero-order valence-electron chi connectivity index (χ0n) is 14.6. The summed E-state index contributed by atoms with van der Waals surface area (Å²) in [5.74, 6) is -0.381. The quantitative estimate of drug-likeness (QED) is 0.751. The molecule has 0 aliphatic heterocycles. The number of hydrogen-bond donors (Lipinski definition) is 2. The Bertz CT molecular complexity index is 714. The van der Waals surface area contributed by atoms with Gasteiger partial charge in [0.15, 0.2) is 6.10 Å². The van der Waals surface area contributed by atoms with Crippen LogP contribution in [0.4, 0.5) is 11.6 Å². The van der Waals surface area contributed by atoms with Gasteiger partial charge in [0.05, 0.1) is 6.42 Å². The second-order valence-electron chi connectivity index (χ2n) is 5.64. The molecule has 0 saturated carbocycles. The Labute approximate surface area is 146 Å². The average Bonchev–Trinajstić information content (AvgIpc) is 2.59. The first-order valence-electron chi connectivity index (χ1n) is 8.05. The lowest BCUT2D eigenvalue weighted by Gasteiger charge is -2.16. The van der Waals surface area contributed by atoms with Crippen LogP contribution in [-0.2, 0) is 14.3 Å². The van der Waals surface area contributed by atoms with Gasteiger partial charge in [-0.1, -0.05) is 18.2 Å². The van der Waals surface area contributed by atoms with Crippen LogP contribution in [0.15, 0.2) is 36.7 Å². The summed E-state index contributed by atoms with van der Waals surface area (Å²) in [6.45, 7) is 5.70. The monoisotopic (exact) mass is 342 g/mol. The Morgan fingerprint density at radius 3 is 2.40 bits per heavy atom. The maximum atomic E-state index is 12.2. The van der Waals surface area contributed by atoms with E-state index in [0.29, 0.717) is 12.5 Å². The van der Waals surface area contributed by atoms with Gasteiger partial charge in [-0.15, -0.1) is 0 Å². The zero-order valence-corrected chi connectivity index (χ0v) is 14.6. The second-order valence-corrected chi connectivity index (χ2v) is 5.64. The molecule has 132 valence electrons. The Morgan fingerprint density at radius 1 is 1.12 bits per heavy atom. The number of rotatable bonds is 7. The molecule has 2 rings (SSSR count). The van der Waals surface area contributed by atoms with Crippen molar-refractivity contribution >= 4 is 23.5 Å². The molecule has 25 heavy (non-hydrogen) atoms. The number of amides is 1. The summed E-state index contributed by atoms with van der Waals surface area (Å²) < 4.78 is 5.17. The zero-order chi connectivity index (χ0) is 18.2. The molecule has 1 unspecified atom stereocenters. The standard InChI is InChI=1S/C18H22N4O3/c1-12-6-4-7-13(2)16(12)22-17(24)14(3)25-15(23)8-11-21-18-19-9-5-10-20-18/h4-7,9-10,14H,8,11H2,1-3H3,(H,22,24)(H,19,20,21). The van der Waals surface area contributed by atoms with Crippen LogP contribution in [0.2, 0.25) is 0 Å². The fourth-order valence-electron chi connectivity index (χ4n) is 2.21. The summed E-state index contributed by atoms with van der Waals surface area (Å²) >= 11 is 0. The topological polar surface area (TPSA) is 93.2 Å². The molecular formula is C18H22N4O3. The number of para-hydroxylation sites is 1. The van der Waals surface area contributed by atoms with E-state index in [9.17, 15) is 9.59 Å². The third-order valence-electron chi connectivity index (χ3n) is 3.58. The molecule has 7 nitrogen and oxygen atoms in total. The van der Waals surface area contributed by atoms with E-state index in [1.54, 1.807) is 25.4 Å². The van der Waals surface area contributed by atoms with E-state index in [1.165, 1.54) is 0 Å². The van der Waals surface area contributed by atoms with E-state index in [2.05, 4.69) is 20.6 Å². The number of benzene rings is 1. The van der Waals surface area contributed by atoms with Gasteiger partial charge in [-0.2, -0.15) is 0 Å². The number of nitrogens with zero attached hydrogens (tertiary/aromatic N) is 2. The molecule has 1 atom stereocenters. The van der Waals surface area contributed by atoms with Crippen LogP contribution in [0.5, 0.6) is 0 Å². The molecule has 0 fully saturated rings. The summed E-state index contributed by atoms with van der Waals surface area (Å²) in [6, 6.07) is 7.45. The van der Waals surface area contributed by atoms with Gasteiger partial charge in [0.25, 0.3) is 5.91 Å². The molecule has 1 amide bonds. The van der Waals surface area contributed by atoms with Crippen molar-refractivity contribution in [3.05, 3.63) is 47.8 Å². The second kappa shape index (κ2) is 8.77. The summed E-state index contributed by atoms with van der Waals surface area (Å²) in [5, 5.41) is 5.72. The van der Waals surface area contributed by atoms with Crippen molar-refractivity contribution in [2.75, 3.05) is 17.2 Å². The highest BCUT2D eigenvalue weighted by atomic mass is 16.5. The maximum Gasteiger partial charge on any atom is 0.308 e. The van der Waals surface area contributed by atoms with E-state index < -0.39 is 12.1 Å². The lowest BCUT2D eigenvalue weighted by Crippen LogP contribution is -2.31. The number of anilines is 2. The number of aryl methyl sites for hydroxylation is 2. The lowest BCUT2D eigenvalue weighted by atomic mass is 10.1. The van der Waals surface area contributed by atoms with Crippen molar-refractivity contribution in [3.8, 4) is 0 Å². The molecule has 2 N–H and O–H groups in total. The van der Waals surface area contributed by atoms with Crippen molar-refractivity contribution in [1.29, 1.82) is 0 Å². The fourth-order valence-corrected chi connectivity index (χ4v) is 2.21. The fraction of sp³-hybridized carbons (Fsp3) is 0.333. The molecule has 0 saturated heterocycles. The number of carbonyl (C=O) groups excluding carboxylic acids is 2. The van der Waals surface area contributed by atoms with Crippen molar-refractivity contribution in [1.82, 2.24) is 9.97 Å². The van der Waals surface area contributed by atoms with Gasteiger partial charge in [-0.3, -0.25) is 9.59 Å². The molecule has 1 heterocycles. The number of esters is 1. The first kappa shape index (κ1) is 18.4. The first-order valence-corrected chi connectivity index (χ1v) is 8.05. The minimum absolute atomic E-state index is 0.110. The first-order chi connectivity index (χ1) is 12.0. The summed E-state index contributed by atoms with van der Waals surface area (Å²) in [6.07, 6.45) is 2.44. The Morgan fingerprint density at radius 2 is 1.76 bits per heavy atom. The van der Waals surface area contributed by atoms with Gasteiger partial charge in [0, 0.05) is 24.6 Å². The van der Waals surface area contributed by atoms with E-state index in [0.717, 1.165) is 16.8 Å². The summed E-state index contributed by atoms with van der Waals surface area (Å²) in [7, 11) is 0. The van der Waals surface area contributed by atoms with Crippen LogP contribution >= 0.6 is 0 Å². The molecule has 2 aromatic rings. The molecular weight excluding hydrogens is 320 g/mol. The predicted molar refractivity (Wildman–Crippen MR) is 95.2 cm³/mol. The smallest absolute Gasteiger partial charge is 0.308 e. The van der Waals surface area contributed by atoms with E-state index in [-0.39, 0.29) is 12.3 Å². The van der Waals surface area contributed by atoms with Crippen LogP contribution in [0.1, 0.15) is 24.5 Å². The van der Waals surface area contributed by atoms with Gasteiger partial charge >= 0.3 is 5.97 Å². The molecule has 7 heteroatoms. The van der Waals surface area contributed by atoms with Crippen LogP contribution in [0, 0.1) is 13.8 Å². The highest BCUT2D eigenvalue weighted by Crippen LogP contribution is 2.19. The third-order valence-corrected chi connectivity index (χ3v) is 3.58. The number of aromatic nitrogens is 2. The van der Waals surface area contributed by atoms with E-state index in [4.69, 9.17) is 4.74 Å². The van der Waals surface area contributed by atoms with Crippen molar-refractivity contribution in [3.63, 3.8) is 0 Å². The molecule has 0 radical (unpaired) electrons. The summed E-state index contributed by atoms with van der Waals surface area (Å²) in [4.78, 5) is 32.1. The lowest BCUT2D eigenvalue weighted by molar-refractivity contribution is -0.152. The van der Waals surface area contributed by atoms with Crippen LogP contribution in [0.25, 0.3) is 0 Å². The van der Waals surface area contributed by atoms with Crippen LogP contribution in [-0.4, -0.2) is 34.5 Å². The number of carbonyl (C=O) groups is 2. The van der Waals surface area contributed by atoms with E-state index in [1.807, 2.05) is 32.0 Å². The highest BCUT2D eigenvalue weighted by molar-refractivity contribution is 5.96. The predicted octanol–water partition coefficient (Wildman–Crippen LogP) is 2.47. The highest BCUT2D eigenvalue weighted by Gasteiger charge is 2.19. The Kier molecular flexibility index (Phi) is 6.45. The van der Waals surface area contributed by atoms with Gasteiger partial charge in [0.2, 0.25) is 5.95 Å². The number of hydrogen-bond acceptors (Lipinski definition) is 6. The SMILES string of the molecule is Cc1cccc(C)c1NC(=O)C(C)OC(=O)CCNc1ncccn1. The number of ether oxygens (including phenoxy) is 1. The van der Waals surface area contributed by atoms with E-state index >= 15 is 0 Å². The van der Waals surface area contributed by atoms with Crippen molar-refractivity contribution in [2.45, 2.75) is 33.3 Å². The van der Waals surface area contributed by atoms with Gasteiger partial charge in [0.1, 0.15) is 0 Å². The van der Waals surface area contributed by atoms with Crippen molar-refractivity contribution < 1.29 is 14.3 Å². The molecule has 0 bridgehead atoms.